The number of carbonyl (C=O) groups excluding carboxylic acids is 1. The van der Waals surface area contributed by atoms with Gasteiger partial charge in [0.05, 0.1) is 12.8 Å². The molecule has 2 aliphatic rings. The fraction of sp³-hybridized carbons (Fsp3) is 0.500. The normalized spacial score (nSPS) is 25.7. The number of rotatable bonds is 4. The van der Waals surface area contributed by atoms with Crippen molar-refractivity contribution >= 4 is 5.91 Å². The van der Waals surface area contributed by atoms with Crippen molar-refractivity contribution in [3.05, 3.63) is 47.3 Å². The zero-order valence-electron chi connectivity index (χ0n) is 14.9. The molecule has 1 saturated carbocycles. The average Bonchev–Trinajstić information content (AvgIpc) is 3.34. The molecular formula is C20H25N3O2. The van der Waals surface area contributed by atoms with Gasteiger partial charge in [0.25, 0.3) is 0 Å². The van der Waals surface area contributed by atoms with Crippen LogP contribution in [0.15, 0.2) is 30.3 Å². The van der Waals surface area contributed by atoms with Gasteiger partial charge in [0.2, 0.25) is 5.91 Å². The van der Waals surface area contributed by atoms with Crippen LogP contribution >= 0.6 is 0 Å². The van der Waals surface area contributed by atoms with Gasteiger partial charge in [-0.25, -0.2) is 0 Å². The van der Waals surface area contributed by atoms with Crippen LogP contribution in [0.1, 0.15) is 48.0 Å². The summed E-state index contributed by atoms with van der Waals surface area (Å²) in [5, 5.41) is 7.42. The predicted octanol–water partition coefficient (Wildman–Crippen LogP) is 3.24. The number of aryl methyl sites for hydroxylation is 1. The highest BCUT2D eigenvalue weighted by Crippen LogP contribution is 2.49. The first kappa shape index (κ1) is 16.2. The minimum Gasteiger partial charge on any atom is -0.497 e. The van der Waals surface area contributed by atoms with E-state index in [2.05, 4.69) is 33.3 Å². The molecule has 1 aromatic carbocycles. The summed E-state index contributed by atoms with van der Waals surface area (Å²) in [4.78, 5) is 15.0. The molecule has 0 unspecified atom stereocenters. The maximum absolute atomic E-state index is 12.9. The molecule has 5 heteroatoms. The van der Waals surface area contributed by atoms with Crippen LogP contribution in [-0.2, 0) is 4.79 Å². The second-order valence-electron chi connectivity index (χ2n) is 7.32. The van der Waals surface area contributed by atoms with Gasteiger partial charge in [-0.05, 0) is 55.9 Å². The van der Waals surface area contributed by atoms with E-state index >= 15 is 0 Å². The average molecular weight is 339 g/mol. The number of aromatic nitrogens is 2. The molecule has 2 aromatic rings. The molecule has 1 aliphatic heterocycles. The van der Waals surface area contributed by atoms with E-state index in [0.29, 0.717) is 17.7 Å². The number of aromatic amines is 1. The van der Waals surface area contributed by atoms with Crippen molar-refractivity contribution in [3.8, 4) is 5.75 Å². The molecule has 0 spiro atoms. The molecule has 25 heavy (non-hydrogen) atoms. The number of methoxy groups -OCH3 is 1. The number of ether oxygens (including phenoxy) is 1. The van der Waals surface area contributed by atoms with Crippen LogP contribution < -0.4 is 4.74 Å². The van der Waals surface area contributed by atoms with Crippen LogP contribution in [-0.4, -0.2) is 41.2 Å². The zero-order chi connectivity index (χ0) is 17.4. The van der Waals surface area contributed by atoms with E-state index in [4.69, 9.17) is 4.74 Å². The lowest BCUT2D eigenvalue weighted by atomic mass is 9.94. The van der Waals surface area contributed by atoms with Crippen molar-refractivity contribution in [2.75, 3.05) is 20.2 Å². The topological polar surface area (TPSA) is 58.2 Å². The number of nitrogens with one attached hydrogen (secondary N) is 1. The van der Waals surface area contributed by atoms with E-state index in [1.165, 1.54) is 5.56 Å². The number of likely N-dealkylation sites (tertiary alicyclic amines) is 1. The van der Waals surface area contributed by atoms with E-state index in [-0.39, 0.29) is 5.92 Å². The Morgan fingerprint density at radius 1 is 1.32 bits per heavy atom. The number of amides is 1. The fourth-order valence-corrected chi connectivity index (χ4v) is 3.99. The Morgan fingerprint density at radius 3 is 2.80 bits per heavy atom. The molecule has 1 N–H and O–H groups in total. The van der Waals surface area contributed by atoms with Gasteiger partial charge in [0.1, 0.15) is 5.75 Å². The minimum absolute atomic E-state index is 0.146. The van der Waals surface area contributed by atoms with Gasteiger partial charge in [0.15, 0.2) is 0 Å². The Balaban J connectivity index is 1.39. The SMILES string of the molecule is COc1ccc([C@@H]2C[C@H]2C(=O)N2CCC[C@H](c3cc(C)[nH]n3)C2)cc1. The summed E-state index contributed by atoms with van der Waals surface area (Å²) in [6.45, 7) is 3.70. The van der Waals surface area contributed by atoms with Gasteiger partial charge in [-0.3, -0.25) is 9.89 Å². The number of piperidine rings is 1. The molecule has 1 saturated heterocycles. The van der Waals surface area contributed by atoms with Crippen molar-refractivity contribution in [3.63, 3.8) is 0 Å². The lowest BCUT2D eigenvalue weighted by Gasteiger charge is -2.32. The molecule has 0 bridgehead atoms. The van der Waals surface area contributed by atoms with Gasteiger partial charge >= 0.3 is 0 Å². The molecule has 4 rings (SSSR count). The van der Waals surface area contributed by atoms with Gasteiger partial charge in [-0.15, -0.1) is 0 Å². The highest BCUT2D eigenvalue weighted by atomic mass is 16.5. The van der Waals surface area contributed by atoms with E-state index < -0.39 is 0 Å². The van der Waals surface area contributed by atoms with E-state index in [1.807, 2.05) is 19.1 Å². The first-order valence-corrected chi connectivity index (χ1v) is 9.10. The van der Waals surface area contributed by atoms with Crippen LogP contribution in [0, 0.1) is 12.8 Å². The first-order valence-electron chi connectivity index (χ1n) is 9.10. The molecule has 0 radical (unpaired) electrons. The molecular weight excluding hydrogens is 314 g/mol. The fourth-order valence-electron chi connectivity index (χ4n) is 3.99. The van der Waals surface area contributed by atoms with Gasteiger partial charge in [0, 0.05) is 30.6 Å². The van der Waals surface area contributed by atoms with Crippen molar-refractivity contribution < 1.29 is 9.53 Å². The van der Waals surface area contributed by atoms with Crippen molar-refractivity contribution in [1.82, 2.24) is 15.1 Å². The molecule has 132 valence electrons. The van der Waals surface area contributed by atoms with E-state index in [9.17, 15) is 4.79 Å². The molecule has 1 aliphatic carbocycles. The Kier molecular flexibility index (Phi) is 4.24. The summed E-state index contributed by atoms with van der Waals surface area (Å²) in [5.41, 5.74) is 3.42. The third-order valence-corrected chi connectivity index (χ3v) is 5.53. The molecule has 1 aromatic heterocycles. The second kappa shape index (κ2) is 6.54. The lowest BCUT2D eigenvalue weighted by Crippen LogP contribution is -2.40. The van der Waals surface area contributed by atoms with Crippen molar-refractivity contribution in [2.24, 2.45) is 5.92 Å². The third-order valence-electron chi connectivity index (χ3n) is 5.53. The number of H-pyrrole nitrogens is 1. The number of hydrogen-bond acceptors (Lipinski definition) is 3. The Bertz CT molecular complexity index is 753. The summed E-state index contributed by atoms with van der Waals surface area (Å²) in [6.07, 6.45) is 3.14. The van der Waals surface area contributed by atoms with E-state index in [0.717, 1.165) is 49.5 Å². The summed E-state index contributed by atoms with van der Waals surface area (Å²) >= 11 is 0. The van der Waals surface area contributed by atoms with Gasteiger partial charge in [-0.2, -0.15) is 5.10 Å². The highest BCUT2D eigenvalue weighted by Gasteiger charge is 2.46. The molecule has 1 amide bonds. The third kappa shape index (κ3) is 3.28. The largest absolute Gasteiger partial charge is 0.497 e. The first-order chi connectivity index (χ1) is 12.2. The minimum atomic E-state index is 0.146. The number of carbonyl (C=O) groups is 1. The monoisotopic (exact) mass is 339 g/mol. The highest BCUT2D eigenvalue weighted by molar-refractivity contribution is 5.83. The van der Waals surface area contributed by atoms with Gasteiger partial charge in [-0.1, -0.05) is 12.1 Å². The summed E-state index contributed by atoms with van der Waals surface area (Å²) in [5.74, 6) is 2.05. The number of benzene rings is 1. The zero-order valence-corrected chi connectivity index (χ0v) is 14.9. The standard InChI is InChI=1S/C20H25N3O2/c1-13-10-19(22-21-13)15-4-3-9-23(12-15)20(24)18-11-17(18)14-5-7-16(25-2)8-6-14/h5-8,10,15,17-18H,3-4,9,11-12H2,1-2H3,(H,21,22)/t15-,17-,18+/m0/s1. The Hall–Kier alpha value is -2.30. The Morgan fingerprint density at radius 2 is 2.12 bits per heavy atom. The van der Waals surface area contributed by atoms with E-state index in [1.54, 1.807) is 7.11 Å². The molecule has 5 nitrogen and oxygen atoms in total. The quantitative estimate of drug-likeness (QED) is 0.930. The van der Waals surface area contributed by atoms with Crippen LogP contribution in [0.4, 0.5) is 0 Å². The summed E-state index contributed by atoms with van der Waals surface area (Å²) < 4.78 is 5.21. The maximum atomic E-state index is 12.9. The van der Waals surface area contributed by atoms with Crippen LogP contribution in [0.3, 0.4) is 0 Å². The van der Waals surface area contributed by atoms with Crippen LogP contribution in [0.2, 0.25) is 0 Å². The number of nitrogens with zero attached hydrogens (tertiary/aromatic N) is 2. The smallest absolute Gasteiger partial charge is 0.226 e. The molecule has 2 fully saturated rings. The van der Waals surface area contributed by atoms with Gasteiger partial charge < -0.3 is 9.64 Å². The number of hydrogen-bond donors (Lipinski definition) is 1. The van der Waals surface area contributed by atoms with Crippen LogP contribution in [0.5, 0.6) is 5.75 Å². The predicted molar refractivity (Wildman–Crippen MR) is 95.7 cm³/mol. The Labute approximate surface area is 148 Å². The van der Waals surface area contributed by atoms with Crippen molar-refractivity contribution in [2.45, 2.75) is 38.0 Å². The lowest BCUT2D eigenvalue weighted by molar-refractivity contribution is -0.133. The van der Waals surface area contributed by atoms with Crippen LogP contribution in [0.25, 0.3) is 0 Å². The summed E-state index contributed by atoms with van der Waals surface area (Å²) in [6, 6.07) is 10.2. The molecule has 2 heterocycles. The second-order valence-corrected chi connectivity index (χ2v) is 7.32. The maximum Gasteiger partial charge on any atom is 0.226 e. The molecule has 3 atom stereocenters. The van der Waals surface area contributed by atoms with Crippen molar-refractivity contribution in [1.29, 1.82) is 0 Å². The summed E-state index contributed by atoms with van der Waals surface area (Å²) in [7, 11) is 1.67.